The first-order chi connectivity index (χ1) is 10.8. The van der Waals surface area contributed by atoms with Gasteiger partial charge >= 0.3 is 0 Å². The highest BCUT2D eigenvalue weighted by atomic mass is 16.5. The van der Waals surface area contributed by atoms with E-state index in [0.29, 0.717) is 5.69 Å². The molecule has 0 atom stereocenters. The van der Waals surface area contributed by atoms with Gasteiger partial charge in [-0.1, -0.05) is 42.2 Å². The van der Waals surface area contributed by atoms with Crippen molar-refractivity contribution in [3.05, 3.63) is 90.0 Å². The third-order valence-corrected chi connectivity index (χ3v) is 3.14. The van der Waals surface area contributed by atoms with Crippen LogP contribution in [-0.4, -0.2) is 0 Å². The van der Waals surface area contributed by atoms with Crippen LogP contribution in [0.4, 0.5) is 5.69 Å². The summed E-state index contributed by atoms with van der Waals surface area (Å²) in [6.07, 6.45) is 0. The Morgan fingerprint density at radius 2 is 1.27 bits per heavy atom. The number of nitrogen functional groups attached to an aromatic ring is 1. The number of hydrogen-bond donors (Lipinski definition) is 1. The van der Waals surface area contributed by atoms with Gasteiger partial charge in [0.05, 0.1) is 0 Å². The number of hydrogen-bond acceptors (Lipinski definition) is 2. The molecule has 0 heterocycles. The zero-order chi connectivity index (χ0) is 15.2. The van der Waals surface area contributed by atoms with E-state index in [1.54, 1.807) is 0 Å². The van der Waals surface area contributed by atoms with Crippen LogP contribution in [-0.2, 0) is 0 Å². The van der Waals surface area contributed by atoms with Crippen LogP contribution in [0.3, 0.4) is 0 Å². The van der Waals surface area contributed by atoms with E-state index in [0.717, 1.165) is 22.6 Å². The predicted molar refractivity (Wildman–Crippen MR) is 89.8 cm³/mol. The lowest BCUT2D eigenvalue weighted by molar-refractivity contribution is 0.482. The number of benzene rings is 3. The first-order valence-electron chi connectivity index (χ1n) is 7.01. The maximum atomic E-state index is 5.87. The normalized spacial score (nSPS) is 9.64. The Labute approximate surface area is 130 Å². The molecule has 0 unspecified atom stereocenters. The average molecular weight is 285 g/mol. The Balaban J connectivity index is 1.74. The summed E-state index contributed by atoms with van der Waals surface area (Å²) in [5.74, 6) is 7.80. The second-order valence-corrected chi connectivity index (χ2v) is 4.78. The summed E-state index contributed by atoms with van der Waals surface area (Å²) < 4.78 is 5.75. The molecule has 0 saturated carbocycles. The molecule has 0 radical (unpaired) electrons. The molecule has 3 aromatic rings. The van der Waals surface area contributed by atoms with E-state index in [1.807, 2.05) is 78.9 Å². The SMILES string of the molecule is Nc1ccccc1C#Cc1ccc(Oc2ccccc2)cc1. The van der Waals surface area contributed by atoms with Crippen LogP contribution in [0.2, 0.25) is 0 Å². The fraction of sp³-hybridized carbons (Fsp3) is 0. The fourth-order valence-electron chi connectivity index (χ4n) is 1.98. The minimum atomic E-state index is 0.694. The van der Waals surface area contributed by atoms with E-state index < -0.39 is 0 Å². The quantitative estimate of drug-likeness (QED) is 0.557. The molecule has 0 saturated heterocycles. The first-order valence-corrected chi connectivity index (χ1v) is 7.01. The fourth-order valence-corrected chi connectivity index (χ4v) is 1.98. The minimum Gasteiger partial charge on any atom is -0.457 e. The van der Waals surface area contributed by atoms with Gasteiger partial charge in [-0.05, 0) is 48.5 Å². The Hall–Kier alpha value is -3.18. The molecule has 0 aromatic heterocycles. The highest BCUT2D eigenvalue weighted by Gasteiger charge is 1.96. The van der Waals surface area contributed by atoms with Crippen molar-refractivity contribution in [2.45, 2.75) is 0 Å². The second kappa shape index (κ2) is 6.51. The molecule has 0 amide bonds. The van der Waals surface area contributed by atoms with Gasteiger partial charge in [0, 0.05) is 16.8 Å². The third kappa shape index (κ3) is 3.47. The van der Waals surface area contributed by atoms with Crippen LogP contribution >= 0.6 is 0 Å². The summed E-state index contributed by atoms with van der Waals surface area (Å²) in [6.45, 7) is 0. The maximum Gasteiger partial charge on any atom is 0.127 e. The summed E-state index contributed by atoms with van der Waals surface area (Å²) in [7, 11) is 0. The van der Waals surface area contributed by atoms with E-state index in [2.05, 4.69) is 11.8 Å². The Bertz CT molecular complexity index is 812. The van der Waals surface area contributed by atoms with Gasteiger partial charge in [-0.2, -0.15) is 0 Å². The van der Waals surface area contributed by atoms with Crippen LogP contribution in [0.5, 0.6) is 11.5 Å². The van der Waals surface area contributed by atoms with Gasteiger partial charge in [-0.3, -0.25) is 0 Å². The number of rotatable bonds is 2. The highest BCUT2D eigenvalue weighted by Crippen LogP contribution is 2.20. The highest BCUT2D eigenvalue weighted by molar-refractivity contribution is 5.57. The first kappa shape index (κ1) is 13.8. The van der Waals surface area contributed by atoms with Gasteiger partial charge in [0.25, 0.3) is 0 Å². The second-order valence-electron chi connectivity index (χ2n) is 4.78. The van der Waals surface area contributed by atoms with E-state index in [4.69, 9.17) is 10.5 Å². The molecule has 0 spiro atoms. The molecular formula is C20H15NO. The third-order valence-electron chi connectivity index (χ3n) is 3.14. The van der Waals surface area contributed by atoms with E-state index in [9.17, 15) is 0 Å². The molecule has 3 aromatic carbocycles. The molecule has 0 bridgehead atoms. The average Bonchev–Trinajstić information content (AvgIpc) is 2.56. The topological polar surface area (TPSA) is 35.2 Å². The van der Waals surface area contributed by atoms with Gasteiger partial charge in [0.2, 0.25) is 0 Å². The smallest absolute Gasteiger partial charge is 0.127 e. The lowest BCUT2D eigenvalue weighted by Gasteiger charge is -2.04. The summed E-state index contributed by atoms with van der Waals surface area (Å²) in [5.41, 5.74) is 8.33. The monoisotopic (exact) mass is 285 g/mol. The van der Waals surface area contributed by atoms with E-state index >= 15 is 0 Å². The van der Waals surface area contributed by atoms with Crippen molar-refractivity contribution in [2.24, 2.45) is 0 Å². The summed E-state index contributed by atoms with van der Waals surface area (Å²) in [5, 5.41) is 0. The van der Waals surface area contributed by atoms with Crippen LogP contribution in [0.15, 0.2) is 78.9 Å². The molecule has 22 heavy (non-hydrogen) atoms. The molecule has 2 heteroatoms. The van der Waals surface area contributed by atoms with Gasteiger partial charge in [0.15, 0.2) is 0 Å². The zero-order valence-electron chi connectivity index (χ0n) is 12.0. The van der Waals surface area contributed by atoms with Crippen molar-refractivity contribution in [3.8, 4) is 23.3 Å². The molecule has 0 aliphatic rings. The number of anilines is 1. The lowest BCUT2D eigenvalue weighted by Crippen LogP contribution is -1.88. The van der Waals surface area contributed by atoms with E-state index in [-0.39, 0.29) is 0 Å². The van der Waals surface area contributed by atoms with Gasteiger partial charge < -0.3 is 10.5 Å². The Morgan fingerprint density at radius 1 is 0.636 bits per heavy atom. The van der Waals surface area contributed by atoms with Crippen molar-refractivity contribution in [1.29, 1.82) is 0 Å². The van der Waals surface area contributed by atoms with Gasteiger partial charge in [-0.15, -0.1) is 0 Å². The van der Waals surface area contributed by atoms with Gasteiger partial charge in [-0.25, -0.2) is 0 Å². The van der Waals surface area contributed by atoms with Crippen molar-refractivity contribution in [3.63, 3.8) is 0 Å². The molecule has 2 N–H and O–H groups in total. The van der Waals surface area contributed by atoms with E-state index in [1.165, 1.54) is 0 Å². The Morgan fingerprint density at radius 3 is 2.00 bits per heavy atom. The molecule has 106 valence electrons. The lowest BCUT2D eigenvalue weighted by atomic mass is 10.1. The molecule has 0 aliphatic heterocycles. The van der Waals surface area contributed by atoms with Crippen LogP contribution in [0.1, 0.15) is 11.1 Å². The zero-order valence-corrected chi connectivity index (χ0v) is 12.0. The van der Waals surface area contributed by atoms with Crippen molar-refractivity contribution >= 4 is 5.69 Å². The maximum absolute atomic E-state index is 5.87. The predicted octanol–water partition coefficient (Wildman–Crippen LogP) is 4.46. The van der Waals surface area contributed by atoms with Crippen molar-refractivity contribution in [2.75, 3.05) is 5.73 Å². The Kier molecular flexibility index (Phi) is 4.08. The molecule has 3 rings (SSSR count). The van der Waals surface area contributed by atoms with Crippen molar-refractivity contribution in [1.82, 2.24) is 0 Å². The summed E-state index contributed by atoms with van der Waals surface area (Å²) in [6, 6.07) is 25.0. The van der Waals surface area contributed by atoms with Crippen LogP contribution in [0, 0.1) is 11.8 Å². The van der Waals surface area contributed by atoms with Crippen LogP contribution < -0.4 is 10.5 Å². The summed E-state index contributed by atoms with van der Waals surface area (Å²) in [4.78, 5) is 0. The van der Waals surface area contributed by atoms with Gasteiger partial charge in [0.1, 0.15) is 11.5 Å². The standard InChI is InChI=1S/C20H15NO/c21-20-9-5-4-6-17(20)13-10-16-11-14-19(15-12-16)22-18-7-2-1-3-8-18/h1-9,11-12,14-15H,21H2. The molecule has 0 aliphatic carbocycles. The summed E-state index contributed by atoms with van der Waals surface area (Å²) >= 11 is 0. The van der Waals surface area contributed by atoms with Crippen LogP contribution in [0.25, 0.3) is 0 Å². The van der Waals surface area contributed by atoms with Crippen molar-refractivity contribution < 1.29 is 4.74 Å². The molecule has 2 nitrogen and oxygen atoms in total. The number of nitrogens with two attached hydrogens (primary N) is 1. The molecule has 0 fully saturated rings. The number of ether oxygens (including phenoxy) is 1. The number of para-hydroxylation sites is 2. The largest absolute Gasteiger partial charge is 0.457 e. The molecular weight excluding hydrogens is 270 g/mol. The minimum absolute atomic E-state index is 0.694.